The van der Waals surface area contributed by atoms with Crippen molar-refractivity contribution in [3.8, 4) is 0 Å². The summed E-state index contributed by atoms with van der Waals surface area (Å²) in [5.74, 6) is 1.27. The number of amides is 1. The lowest BCUT2D eigenvalue weighted by molar-refractivity contribution is -0.128. The summed E-state index contributed by atoms with van der Waals surface area (Å²) in [7, 11) is 0. The maximum absolute atomic E-state index is 15.1. The van der Waals surface area contributed by atoms with Crippen molar-refractivity contribution in [2.75, 3.05) is 48.0 Å². The van der Waals surface area contributed by atoms with Gasteiger partial charge in [0.2, 0.25) is 11.9 Å². The van der Waals surface area contributed by atoms with Crippen LogP contribution in [0.5, 0.6) is 0 Å². The second kappa shape index (κ2) is 8.37. The molecule has 2 aromatic rings. The van der Waals surface area contributed by atoms with Gasteiger partial charge in [0.25, 0.3) is 0 Å². The molecule has 0 radical (unpaired) electrons. The molecule has 0 aliphatic carbocycles. The molecule has 4 saturated heterocycles. The van der Waals surface area contributed by atoms with Gasteiger partial charge in [-0.1, -0.05) is 0 Å². The molecule has 0 saturated carbocycles. The minimum Gasteiger partial charge on any atom is -0.377 e. The van der Waals surface area contributed by atoms with Crippen LogP contribution in [0.15, 0.2) is 24.4 Å². The van der Waals surface area contributed by atoms with E-state index in [4.69, 9.17) is 9.72 Å². The number of ether oxygens (including phenoxy) is 1. The number of aromatic nitrogens is 2. The number of morpholine rings is 1. The molecule has 1 amide bonds. The van der Waals surface area contributed by atoms with E-state index in [2.05, 4.69) is 25.4 Å². The number of nitrogens with zero attached hydrogens (tertiary/aromatic N) is 4. The topological polar surface area (TPSA) is 82.6 Å². The molecule has 2 unspecified atom stereocenters. The first-order chi connectivity index (χ1) is 16.5. The van der Waals surface area contributed by atoms with E-state index in [1.165, 1.54) is 6.07 Å². The van der Waals surface area contributed by atoms with Crippen LogP contribution in [0.1, 0.15) is 37.7 Å². The molecule has 1 aromatic heterocycles. The summed E-state index contributed by atoms with van der Waals surface area (Å²) in [5, 5.41) is 6.17. The second-order valence-electron chi connectivity index (χ2n) is 10.1. The van der Waals surface area contributed by atoms with Crippen molar-refractivity contribution in [3.63, 3.8) is 0 Å². The van der Waals surface area contributed by atoms with Crippen LogP contribution >= 0.6 is 0 Å². The van der Waals surface area contributed by atoms with Crippen LogP contribution in [-0.4, -0.2) is 60.8 Å². The number of aryl methyl sites for hydroxylation is 1. The quantitative estimate of drug-likeness (QED) is 0.716. The fourth-order valence-corrected chi connectivity index (χ4v) is 6.10. The highest BCUT2D eigenvalue weighted by atomic mass is 19.1. The molecule has 1 aromatic carbocycles. The average molecular weight is 467 g/mol. The van der Waals surface area contributed by atoms with E-state index in [0.717, 1.165) is 63.1 Å². The van der Waals surface area contributed by atoms with Crippen molar-refractivity contribution in [1.82, 2.24) is 15.3 Å². The van der Waals surface area contributed by atoms with Gasteiger partial charge in [0.05, 0.1) is 36.4 Å². The largest absolute Gasteiger partial charge is 0.377 e. The highest BCUT2D eigenvalue weighted by Gasteiger charge is 2.44. The fourth-order valence-electron chi connectivity index (χ4n) is 6.10. The third-order valence-electron chi connectivity index (χ3n) is 8.06. The van der Waals surface area contributed by atoms with E-state index in [0.29, 0.717) is 30.5 Å². The van der Waals surface area contributed by atoms with Crippen molar-refractivity contribution in [2.24, 2.45) is 5.41 Å². The standard InChI is InChI=1S/C25H31FN6O2/c1-16-13-28-24(30-22(16)31-10-7-25(8-11-31)6-9-27-23(25)33)29-17-2-5-21(20(26)12-17)32-18-3-4-19(32)15-34-14-18/h2,5,12-13,18-19H,3-4,6-11,14-15H2,1H3,(H,27,33)(H,28,29,30). The van der Waals surface area contributed by atoms with Gasteiger partial charge in [-0.2, -0.15) is 4.98 Å². The van der Waals surface area contributed by atoms with E-state index in [1.54, 1.807) is 6.20 Å². The summed E-state index contributed by atoms with van der Waals surface area (Å²) in [4.78, 5) is 25.9. The number of benzene rings is 1. The van der Waals surface area contributed by atoms with Crippen LogP contribution in [0.4, 0.5) is 27.5 Å². The average Bonchev–Trinajstić information content (AvgIpc) is 3.30. The van der Waals surface area contributed by atoms with Crippen LogP contribution in [0.3, 0.4) is 0 Å². The Morgan fingerprint density at radius 2 is 1.94 bits per heavy atom. The van der Waals surface area contributed by atoms with E-state index >= 15 is 4.39 Å². The lowest BCUT2D eigenvalue weighted by Crippen LogP contribution is -2.46. The number of anilines is 4. The number of hydrogen-bond acceptors (Lipinski definition) is 7. The minimum atomic E-state index is -0.243. The number of carbonyl (C=O) groups is 1. The number of carbonyl (C=O) groups excluding carboxylic acids is 1. The molecule has 34 heavy (non-hydrogen) atoms. The number of fused-ring (bicyclic) bond motifs is 2. The Bertz CT molecular complexity index is 1090. The molecule has 6 rings (SSSR count). The zero-order valence-electron chi connectivity index (χ0n) is 19.5. The summed E-state index contributed by atoms with van der Waals surface area (Å²) < 4.78 is 20.8. The van der Waals surface area contributed by atoms with Gasteiger partial charge >= 0.3 is 0 Å². The van der Waals surface area contributed by atoms with Gasteiger partial charge in [-0.05, 0) is 57.2 Å². The fraction of sp³-hybridized carbons (Fsp3) is 0.560. The molecule has 180 valence electrons. The van der Waals surface area contributed by atoms with Crippen molar-refractivity contribution in [3.05, 3.63) is 35.8 Å². The summed E-state index contributed by atoms with van der Waals surface area (Å²) in [5.41, 5.74) is 2.04. The van der Waals surface area contributed by atoms with Gasteiger partial charge < -0.3 is 25.2 Å². The Morgan fingerprint density at radius 1 is 1.18 bits per heavy atom. The monoisotopic (exact) mass is 466 g/mol. The molecule has 2 atom stereocenters. The molecule has 9 heteroatoms. The Labute approximate surface area is 198 Å². The van der Waals surface area contributed by atoms with Crippen LogP contribution in [0, 0.1) is 18.2 Å². The smallest absolute Gasteiger partial charge is 0.229 e. The molecule has 2 N–H and O–H groups in total. The molecule has 4 fully saturated rings. The van der Waals surface area contributed by atoms with Crippen LogP contribution in [-0.2, 0) is 9.53 Å². The molecule has 5 heterocycles. The number of piperidine rings is 1. The summed E-state index contributed by atoms with van der Waals surface area (Å²) in [6.07, 6.45) is 6.48. The van der Waals surface area contributed by atoms with Gasteiger partial charge in [0.1, 0.15) is 11.6 Å². The Balaban J connectivity index is 1.17. The van der Waals surface area contributed by atoms with Gasteiger partial charge in [-0.25, -0.2) is 9.37 Å². The number of nitrogens with one attached hydrogen (secondary N) is 2. The Hall–Kier alpha value is -2.94. The number of halogens is 1. The first-order valence-electron chi connectivity index (χ1n) is 12.3. The molecular weight excluding hydrogens is 435 g/mol. The molecule has 1 spiro atoms. The first-order valence-corrected chi connectivity index (χ1v) is 12.3. The Morgan fingerprint density at radius 3 is 2.62 bits per heavy atom. The highest BCUT2D eigenvalue weighted by Crippen LogP contribution is 2.40. The predicted octanol–water partition coefficient (Wildman–Crippen LogP) is 3.14. The summed E-state index contributed by atoms with van der Waals surface area (Å²) >= 11 is 0. The van der Waals surface area contributed by atoms with E-state index in [1.807, 2.05) is 19.1 Å². The zero-order valence-corrected chi connectivity index (χ0v) is 19.5. The third kappa shape index (κ3) is 3.66. The minimum absolute atomic E-state index is 0.199. The first kappa shape index (κ1) is 21.6. The van der Waals surface area contributed by atoms with Crippen LogP contribution in [0.2, 0.25) is 0 Å². The molecule has 2 bridgehead atoms. The van der Waals surface area contributed by atoms with Crippen molar-refractivity contribution in [2.45, 2.75) is 51.1 Å². The maximum Gasteiger partial charge on any atom is 0.229 e. The van der Waals surface area contributed by atoms with E-state index in [9.17, 15) is 4.79 Å². The maximum atomic E-state index is 15.1. The summed E-state index contributed by atoms with van der Waals surface area (Å²) in [6.45, 7) is 5.68. The second-order valence-corrected chi connectivity index (χ2v) is 10.1. The lowest BCUT2D eigenvalue weighted by Gasteiger charge is -2.38. The van der Waals surface area contributed by atoms with E-state index in [-0.39, 0.29) is 29.2 Å². The SMILES string of the molecule is Cc1cnc(Nc2ccc(N3C4CCC3COC4)c(F)c2)nc1N1CCC2(CCNC2=O)CC1. The van der Waals surface area contributed by atoms with Gasteiger partial charge in [0.15, 0.2) is 0 Å². The molecular formula is C25H31FN6O2. The normalized spacial score (nSPS) is 25.6. The lowest BCUT2D eigenvalue weighted by atomic mass is 9.77. The van der Waals surface area contributed by atoms with Gasteiger partial charge in [-0.3, -0.25) is 4.79 Å². The van der Waals surface area contributed by atoms with E-state index < -0.39 is 0 Å². The van der Waals surface area contributed by atoms with Crippen molar-refractivity contribution in [1.29, 1.82) is 0 Å². The molecule has 8 nitrogen and oxygen atoms in total. The van der Waals surface area contributed by atoms with Crippen LogP contribution in [0.25, 0.3) is 0 Å². The Kier molecular flexibility index (Phi) is 5.32. The van der Waals surface area contributed by atoms with Crippen LogP contribution < -0.4 is 20.4 Å². The zero-order chi connectivity index (χ0) is 23.3. The third-order valence-corrected chi connectivity index (χ3v) is 8.06. The van der Waals surface area contributed by atoms with Gasteiger partial charge in [-0.15, -0.1) is 0 Å². The highest BCUT2D eigenvalue weighted by molar-refractivity contribution is 5.85. The van der Waals surface area contributed by atoms with Gasteiger partial charge in [0, 0.05) is 37.1 Å². The van der Waals surface area contributed by atoms with Crippen molar-refractivity contribution < 1.29 is 13.9 Å². The molecule has 4 aliphatic rings. The van der Waals surface area contributed by atoms with Crippen molar-refractivity contribution >= 4 is 29.0 Å². The predicted molar refractivity (Wildman–Crippen MR) is 128 cm³/mol. The summed E-state index contributed by atoms with van der Waals surface area (Å²) in [6, 6.07) is 5.78. The number of rotatable bonds is 4. The molecule has 4 aliphatic heterocycles. The number of hydrogen-bond donors (Lipinski definition) is 2.